The maximum Gasteiger partial charge on any atom is 0.410 e. The number of amidine groups is 1. The van der Waals surface area contributed by atoms with E-state index in [0.717, 1.165) is 0 Å². The second-order valence-electron chi connectivity index (χ2n) is 7.18. The lowest BCUT2D eigenvalue weighted by atomic mass is 9.87. The first-order chi connectivity index (χ1) is 9.55. The van der Waals surface area contributed by atoms with Crippen molar-refractivity contribution in [2.45, 2.75) is 45.8 Å². The Morgan fingerprint density at radius 1 is 1.43 bits per heavy atom. The number of carbonyl (C=O) groups is 2. The molecule has 0 atom stereocenters. The molecule has 1 spiro atoms. The predicted octanol–water partition coefficient (Wildman–Crippen LogP) is 1.63. The molecule has 0 bridgehead atoms. The summed E-state index contributed by atoms with van der Waals surface area (Å²) < 4.78 is 5.32. The molecule has 118 valence electrons. The fourth-order valence-electron chi connectivity index (χ4n) is 2.61. The van der Waals surface area contributed by atoms with Gasteiger partial charge in [-0.15, -0.1) is 0 Å². The monoisotopic (exact) mass is 296 g/mol. The Hall–Kier alpha value is -1.79. The first-order valence-corrected chi connectivity index (χ1v) is 7.21. The third-order valence-corrected chi connectivity index (χ3v) is 3.56. The molecule has 0 saturated carbocycles. The van der Waals surface area contributed by atoms with Crippen molar-refractivity contribution >= 4 is 18.0 Å². The minimum absolute atomic E-state index is 0.174. The van der Waals surface area contributed by atoms with Crippen LogP contribution in [0.1, 0.15) is 34.6 Å². The van der Waals surface area contributed by atoms with E-state index < -0.39 is 17.2 Å². The van der Waals surface area contributed by atoms with Crippen molar-refractivity contribution in [3.05, 3.63) is 0 Å². The third kappa shape index (κ3) is 2.82. The van der Waals surface area contributed by atoms with E-state index in [0.29, 0.717) is 25.6 Å². The standard InChI is InChI=1S/C14H24N4O3/c1-9(2)6-18-11(19)16-10(15)14(18)7-17(8-14)12(20)21-13(3,4)5/h9H,6-8H2,1-5H3,(H2,15,16,19). The highest BCUT2D eigenvalue weighted by atomic mass is 16.6. The highest BCUT2D eigenvalue weighted by Crippen LogP contribution is 2.34. The van der Waals surface area contributed by atoms with E-state index in [1.54, 1.807) is 4.90 Å². The Kier molecular flexibility index (Phi) is 3.63. The van der Waals surface area contributed by atoms with Gasteiger partial charge in [-0.05, 0) is 26.7 Å². The Morgan fingerprint density at radius 2 is 2.00 bits per heavy atom. The molecule has 21 heavy (non-hydrogen) atoms. The molecular formula is C14H24N4O3. The fourth-order valence-corrected chi connectivity index (χ4v) is 2.61. The van der Waals surface area contributed by atoms with Gasteiger partial charge in [-0.1, -0.05) is 13.8 Å². The molecule has 0 aromatic heterocycles. The molecule has 2 fully saturated rings. The quantitative estimate of drug-likeness (QED) is 0.812. The molecule has 0 aromatic carbocycles. The molecule has 0 aromatic rings. The number of rotatable bonds is 2. The van der Waals surface area contributed by atoms with Gasteiger partial charge in [0.15, 0.2) is 0 Å². The highest BCUT2D eigenvalue weighted by Gasteiger charge is 2.59. The van der Waals surface area contributed by atoms with E-state index in [1.165, 1.54) is 4.90 Å². The van der Waals surface area contributed by atoms with Gasteiger partial charge in [0.1, 0.15) is 17.0 Å². The number of hydrogen-bond acceptors (Lipinski definition) is 4. The normalized spacial score (nSPS) is 20.9. The van der Waals surface area contributed by atoms with Crippen LogP contribution >= 0.6 is 0 Å². The van der Waals surface area contributed by atoms with Crippen LogP contribution in [-0.4, -0.2) is 58.5 Å². The van der Waals surface area contributed by atoms with Crippen LogP contribution < -0.4 is 5.32 Å². The Bertz CT molecular complexity index is 475. The largest absolute Gasteiger partial charge is 0.444 e. The van der Waals surface area contributed by atoms with Crippen molar-refractivity contribution in [2.75, 3.05) is 19.6 Å². The summed E-state index contributed by atoms with van der Waals surface area (Å²) in [7, 11) is 0. The number of urea groups is 1. The summed E-state index contributed by atoms with van der Waals surface area (Å²) in [6.45, 7) is 10.7. The van der Waals surface area contributed by atoms with Crippen LogP contribution in [0.15, 0.2) is 0 Å². The van der Waals surface area contributed by atoms with Gasteiger partial charge in [-0.25, -0.2) is 9.59 Å². The zero-order chi connectivity index (χ0) is 16.0. The molecule has 2 saturated heterocycles. The van der Waals surface area contributed by atoms with Gasteiger partial charge in [0.05, 0.1) is 13.1 Å². The summed E-state index contributed by atoms with van der Waals surface area (Å²) in [5.41, 5.74) is -1.24. The fraction of sp³-hybridized carbons (Fsp3) is 0.786. The number of hydrogen-bond donors (Lipinski definition) is 2. The van der Waals surface area contributed by atoms with Crippen molar-refractivity contribution in [3.8, 4) is 0 Å². The number of nitrogens with one attached hydrogen (secondary N) is 2. The summed E-state index contributed by atoms with van der Waals surface area (Å²) in [5.74, 6) is 0.474. The Labute approximate surface area is 125 Å². The molecule has 2 heterocycles. The number of likely N-dealkylation sites (tertiary alicyclic amines) is 1. The molecule has 7 heteroatoms. The van der Waals surface area contributed by atoms with Crippen LogP contribution in [0.2, 0.25) is 0 Å². The van der Waals surface area contributed by atoms with Gasteiger partial charge < -0.3 is 14.5 Å². The van der Waals surface area contributed by atoms with E-state index >= 15 is 0 Å². The summed E-state index contributed by atoms with van der Waals surface area (Å²) >= 11 is 0. The van der Waals surface area contributed by atoms with Gasteiger partial charge >= 0.3 is 12.1 Å². The van der Waals surface area contributed by atoms with Gasteiger partial charge in [0.25, 0.3) is 0 Å². The highest BCUT2D eigenvalue weighted by molar-refractivity contribution is 6.10. The molecule has 0 aliphatic carbocycles. The predicted molar refractivity (Wildman–Crippen MR) is 78.3 cm³/mol. The van der Waals surface area contributed by atoms with E-state index in [4.69, 9.17) is 10.1 Å². The number of amides is 3. The van der Waals surface area contributed by atoms with Gasteiger partial charge in [-0.2, -0.15) is 0 Å². The molecule has 0 radical (unpaired) electrons. The second-order valence-corrected chi connectivity index (χ2v) is 7.18. The first kappa shape index (κ1) is 15.6. The number of ether oxygens (including phenoxy) is 1. The van der Waals surface area contributed by atoms with Crippen molar-refractivity contribution in [2.24, 2.45) is 5.92 Å². The zero-order valence-electron chi connectivity index (χ0n) is 13.3. The van der Waals surface area contributed by atoms with Crippen LogP contribution in [0.25, 0.3) is 0 Å². The van der Waals surface area contributed by atoms with E-state index in [2.05, 4.69) is 5.32 Å². The maximum absolute atomic E-state index is 12.0. The van der Waals surface area contributed by atoms with Crippen molar-refractivity contribution < 1.29 is 14.3 Å². The summed E-state index contributed by atoms with van der Waals surface area (Å²) in [6, 6.07) is -0.252. The third-order valence-electron chi connectivity index (χ3n) is 3.56. The van der Waals surface area contributed by atoms with E-state index in [-0.39, 0.29) is 11.9 Å². The average molecular weight is 296 g/mol. The van der Waals surface area contributed by atoms with E-state index in [9.17, 15) is 9.59 Å². The molecule has 0 unspecified atom stereocenters. The van der Waals surface area contributed by atoms with Gasteiger partial charge in [0.2, 0.25) is 0 Å². The average Bonchev–Trinajstić information content (AvgIpc) is 2.45. The van der Waals surface area contributed by atoms with Crippen molar-refractivity contribution in [3.63, 3.8) is 0 Å². The summed E-state index contributed by atoms with van der Waals surface area (Å²) in [4.78, 5) is 27.2. The van der Waals surface area contributed by atoms with Crippen LogP contribution in [0, 0.1) is 11.3 Å². The lowest BCUT2D eigenvalue weighted by Gasteiger charge is -2.51. The van der Waals surface area contributed by atoms with Crippen LogP contribution in [-0.2, 0) is 4.74 Å². The van der Waals surface area contributed by atoms with Crippen molar-refractivity contribution in [1.29, 1.82) is 5.41 Å². The lowest BCUT2D eigenvalue weighted by Crippen LogP contribution is -2.73. The zero-order valence-corrected chi connectivity index (χ0v) is 13.3. The minimum Gasteiger partial charge on any atom is -0.444 e. The topological polar surface area (TPSA) is 85.7 Å². The van der Waals surface area contributed by atoms with Crippen molar-refractivity contribution in [1.82, 2.24) is 15.1 Å². The molecular weight excluding hydrogens is 272 g/mol. The molecule has 2 N–H and O–H groups in total. The summed E-state index contributed by atoms with van der Waals surface area (Å²) in [6.07, 6.45) is -0.398. The number of carbonyl (C=O) groups excluding carboxylic acids is 2. The second kappa shape index (κ2) is 4.89. The molecule has 7 nitrogen and oxygen atoms in total. The summed E-state index contributed by atoms with van der Waals surface area (Å²) in [5, 5.41) is 10.6. The molecule has 2 aliphatic rings. The SMILES string of the molecule is CC(C)CN1C(=O)NC(=N)C12CN(C(=O)OC(C)(C)C)C2. The van der Waals surface area contributed by atoms with Crippen LogP contribution in [0.3, 0.4) is 0 Å². The minimum atomic E-state index is -0.696. The molecule has 2 aliphatic heterocycles. The first-order valence-electron chi connectivity index (χ1n) is 7.21. The van der Waals surface area contributed by atoms with Gasteiger partial charge in [0, 0.05) is 6.54 Å². The molecule has 3 amide bonds. The smallest absolute Gasteiger partial charge is 0.410 e. The Balaban J connectivity index is 2.06. The van der Waals surface area contributed by atoms with Gasteiger partial charge in [-0.3, -0.25) is 10.7 Å². The Morgan fingerprint density at radius 3 is 2.48 bits per heavy atom. The van der Waals surface area contributed by atoms with E-state index in [1.807, 2.05) is 34.6 Å². The van der Waals surface area contributed by atoms with Crippen LogP contribution in [0.5, 0.6) is 0 Å². The van der Waals surface area contributed by atoms with Crippen LogP contribution in [0.4, 0.5) is 9.59 Å². The lowest BCUT2D eigenvalue weighted by molar-refractivity contribution is -0.0216. The maximum atomic E-state index is 12.0. The molecule has 2 rings (SSSR count). The number of nitrogens with zero attached hydrogens (tertiary/aromatic N) is 2.